The van der Waals surface area contributed by atoms with Crippen molar-refractivity contribution in [2.75, 3.05) is 7.11 Å². The maximum Gasteiger partial charge on any atom is 0.303 e. The molecule has 0 saturated carbocycles. The maximum absolute atomic E-state index is 10.3. The van der Waals surface area contributed by atoms with Crippen molar-refractivity contribution in [2.24, 2.45) is 5.73 Å². The molecule has 0 bridgehead atoms. The van der Waals surface area contributed by atoms with Crippen molar-refractivity contribution in [2.45, 2.75) is 25.3 Å². The number of carboxylic acids is 1. The van der Waals surface area contributed by atoms with E-state index in [4.69, 9.17) is 15.6 Å². The summed E-state index contributed by atoms with van der Waals surface area (Å²) in [7, 11) is 1.61. The fraction of sp³-hybridized carbons (Fsp3) is 0.417. The highest BCUT2D eigenvalue weighted by molar-refractivity contribution is 5.66. The molecule has 16 heavy (non-hydrogen) atoms. The molecule has 0 fully saturated rings. The molecule has 88 valence electrons. The van der Waals surface area contributed by atoms with E-state index >= 15 is 0 Å². The van der Waals surface area contributed by atoms with Gasteiger partial charge in [0.15, 0.2) is 0 Å². The summed E-state index contributed by atoms with van der Waals surface area (Å²) in [6, 6.07) is 7.41. The quantitative estimate of drug-likeness (QED) is 0.773. The molecular weight excluding hydrogens is 206 g/mol. The number of nitrogens with two attached hydrogens (primary N) is 1. The van der Waals surface area contributed by atoms with Crippen LogP contribution >= 0.6 is 0 Å². The lowest BCUT2D eigenvalue weighted by atomic mass is 10.0. The van der Waals surface area contributed by atoms with Crippen LogP contribution in [0.1, 0.15) is 30.9 Å². The third-order valence-electron chi connectivity index (χ3n) is 2.45. The van der Waals surface area contributed by atoms with E-state index in [9.17, 15) is 4.79 Å². The molecule has 0 aromatic heterocycles. The standard InChI is InChI=1S/C12H17NO3/c1-16-10-7-5-9(6-8-10)11(13)3-2-4-12(14)15/h5-8,11H,2-4,13H2,1H3,(H,14,15). The zero-order valence-electron chi connectivity index (χ0n) is 9.35. The topological polar surface area (TPSA) is 72.5 Å². The SMILES string of the molecule is COc1ccc(C(N)CCCC(=O)O)cc1. The van der Waals surface area contributed by atoms with Crippen LogP contribution in [0.2, 0.25) is 0 Å². The predicted octanol–water partition coefficient (Wildman–Crippen LogP) is 1.95. The fourth-order valence-electron chi connectivity index (χ4n) is 1.49. The Balaban J connectivity index is 2.45. The van der Waals surface area contributed by atoms with Gasteiger partial charge in [0.2, 0.25) is 0 Å². The first-order valence-electron chi connectivity index (χ1n) is 5.25. The first-order chi connectivity index (χ1) is 7.63. The Hall–Kier alpha value is -1.55. The minimum absolute atomic E-state index is 0.106. The molecule has 0 aliphatic carbocycles. The predicted molar refractivity (Wildman–Crippen MR) is 61.4 cm³/mol. The van der Waals surface area contributed by atoms with Gasteiger partial charge in [0, 0.05) is 12.5 Å². The van der Waals surface area contributed by atoms with E-state index < -0.39 is 5.97 Å². The van der Waals surface area contributed by atoms with Gasteiger partial charge in [-0.2, -0.15) is 0 Å². The van der Waals surface area contributed by atoms with E-state index in [2.05, 4.69) is 0 Å². The summed E-state index contributed by atoms with van der Waals surface area (Å²) >= 11 is 0. The number of aliphatic carboxylic acids is 1. The van der Waals surface area contributed by atoms with Crippen LogP contribution in [0.25, 0.3) is 0 Å². The van der Waals surface area contributed by atoms with Gasteiger partial charge in [-0.05, 0) is 30.5 Å². The van der Waals surface area contributed by atoms with Crippen LogP contribution in [0.15, 0.2) is 24.3 Å². The molecule has 0 amide bonds. The highest BCUT2D eigenvalue weighted by Gasteiger charge is 2.07. The molecule has 1 aromatic rings. The average molecular weight is 223 g/mol. The molecule has 3 N–H and O–H groups in total. The van der Waals surface area contributed by atoms with Gasteiger partial charge in [-0.3, -0.25) is 4.79 Å². The Morgan fingerprint density at radius 3 is 2.56 bits per heavy atom. The molecule has 0 radical (unpaired) electrons. The molecule has 1 atom stereocenters. The van der Waals surface area contributed by atoms with Crippen molar-refractivity contribution in [1.29, 1.82) is 0 Å². The van der Waals surface area contributed by atoms with E-state index in [0.717, 1.165) is 11.3 Å². The third kappa shape index (κ3) is 3.90. The molecule has 1 rings (SSSR count). The van der Waals surface area contributed by atoms with Gasteiger partial charge in [0.1, 0.15) is 5.75 Å². The average Bonchev–Trinajstić information content (AvgIpc) is 2.28. The highest BCUT2D eigenvalue weighted by atomic mass is 16.5. The van der Waals surface area contributed by atoms with Crippen molar-refractivity contribution < 1.29 is 14.6 Å². The number of rotatable bonds is 6. The van der Waals surface area contributed by atoms with E-state index in [1.807, 2.05) is 24.3 Å². The van der Waals surface area contributed by atoms with Crippen LogP contribution in [0, 0.1) is 0 Å². The van der Waals surface area contributed by atoms with Crippen molar-refractivity contribution >= 4 is 5.97 Å². The summed E-state index contributed by atoms with van der Waals surface area (Å²) in [5, 5.41) is 8.51. The molecule has 4 nitrogen and oxygen atoms in total. The van der Waals surface area contributed by atoms with E-state index in [1.54, 1.807) is 7.11 Å². The monoisotopic (exact) mass is 223 g/mol. The molecule has 0 aliphatic rings. The van der Waals surface area contributed by atoms with Gasteiger partial charge >= 0.3 is 5.97 Å². The van der Waals surface area contributed by atoms with Crippen LogP contribution in [0.5, 0.6) is 5.75 Å². The zero-order chi connectivity index (χ0) is 12.0. The maximum atomic E-state index is 10.3. The summed E-state index contributed by atoms with van der Waals surface area (Å²) in [6.07, 6.45) is 1.45. The minimum Gasteiger partial charge on any atom is -0.497 e. The third-order valence-corrected chi connectivity index (χ3v) is 2.45. The summed E-state index contributed by atoms with van der Waals surface area (Å²) in [6.45, 7) is 0. The van der Waals surface area contributed by atoms with E-state index in [-0.39, 0.29) is 12.5 Å². The summed E-state index contributed by atoms with van der Waals surface area (Å²) in [5.74, 6) is 0.0171. The normalized spacial score (nSPS) is 12.1. The number of ether oxygens (including phenoxy) is 1. The number of carbonyl (C=O) groups is 1. The lowest BCUT2D eigenvalue weighted by molar-refractivity contribution is -0.137. The molecule has 1 aromatic carbocycles. The lowest BCUT2D eigenvalue weighted by Gasteiger charge is -2.11. The van der Waals surface area contributed by atoms with E-state index in [0.29, 0.717) is 12.8 Å². The Kier molecular flexibility index (Phi) is 4.79. The second-order valence-electron chi connectivity index (χ2n) is 3.67. The lowest BCUT2D eigenvalue weighted by Crippen LogP contribution is -2.10. The summed E-state index contributed by atoms with van der Waals surface area (Å²) in [4.78, 5) is 10.3. The number of carboxylic acid groups (broad SMARTS) is 1. The van der Waals surface area contributed by atoms with Crippen LogP contribution in [-0.2, 0) is 4.79 Å². The van der Waals surface area contributed by atoms with Gasteiger partial charge in [0.25, 0.3) is 0 Å². The molecular formula is C12H17NO3. The van der Waals surface area contributed by atoms with Gasteiger partial charge in [-0.1, -0.05) is 12.1 Å². The number of hydrogen-bond acceptors (Lipinski definition) is 3. The van der Waals surface area contributed by atoms with Crippen LogP contribution in [0.3, 0.4) is 0 Å². The fourth-order valence-corrected chi connectivity index (χ4v) is 1.49. The molecule has 0 heterocycles. The van der Waals surface area contributed by atoms with Crippen molar-refractivity contribution in [3.8, 4) is 5.75 Å². The van der Waals surface area contributed by atoms with Crippen molar-refractivity contribution in [1.82, 2.24) is 0 Å². The Labute approximate surface area is 95.0 Å². The molecule has 1 unspecified atom stereocenters. The van der Waals surface area contributed by atoms with Crippen molar-refractivity contribution in [3.05, 3.63) is 29.8 Å². The molecule has 4 heteroatoms. The first kappa shape index (κ1) is 12.5. The number of methoxy groups -OCH3 is 1. The highest BCUT2D eigenvalue weighted by Crippen LogP contribution is 2.19. The van der Waals surface area contributed by atoms with Crippen LogP contribution in [-0.4, -0.2) is 18.2 Å². The molecule has 0 aliphatic heterocycles. The second kappa shape index (κ2) is 6.12. The van der Waals surface area contributed by atoms with Crippen molar-refractivity contribution in [3.63, 3.8) is 0 Å². The molecule has 0 saturated heterocycles. The largest absolute Gasteiger partial charge is 0.497 e. The van der Waals surface area contributed by atoms with Gasteiger partial charge in [-0.25, -0.2) is 0 Å². The van der Waals surface area contributed by atoms with Crippen LogP contribution in [0.4, 0.5) is 0 Å². The molecule has 0 spiro atoms. The first-order valence-corrected chi connectivity index (χ1v) is 5.25. The van der Waals surface area contributed by atoms with E-state index in [1.165, 1.54) is 0 Å². The van der Waals surface area contributed by atoms with Gasteiger partial charge < -0.3 is 15.6 Å². The zero-order valence-corrected chi connectivity index (χ0v) is 9.35. The Bertz CT molecular complexity index is 335. The van der Waals surface area contributed by atoms with Gasteiger partial charge in [0.05, 0.1) is 7.11 Å². The Morgan fingerprint density at radius 2 is 2.06 bits per heavy atom. The smallest absolute Gasteiger partial charge is 0.303 e. The Morgan fingerprint density at radius 1 is 1.44 bits per heavy atom. The summed E-state index contributed by atoms with van der Waals surface area (Å²) in [5.41, 5.74) is 6.94. The van der Waals surface area contributed by atoms with Gasteiger partial charge in [-0.15, -0.1) is 0 Å². The number of hydrogen-bond donors (Lipinski definition) is 2. The number of benzene rings is 1. The second-order valence-corrected chi connectivity index (χ2v) is 3.67. The minimum atomic E-state index is -0.776. The van der Waals surface area contributed by atoms with Crippen LogP contribution < -0.4 is 10.5 Å². The summed E-state index contributed by atoms with van der Waals surface area (Å²) < 4.78 is 5.04.